The molecule has 0 atom stereocenters. The second-order valence-corrected chi connectivity index (χ2v) is 12.6. The first-order chi connectivity index (χ1) is 17.6. The van der Waals surface area contributed by atoms with Crippen LogP contribution in [0.1, 0.15) is 0 Å². The minimum absolute atomic E-state index is 0.0720. The van der Waals surface area contributed by atoms with E-state index in [0.29, 0.717) is 6.07 Å². The Morgan fingerprint density at radius 3 is 2.24 bits per heavy atom. The van der Waals surface area contributed by atoms with E-state index < -0.39 is 68.6 Å². The predicted octanol–water partition coefficient (Wildman–Crippen LogP) is 2.81. The molecule has 0 aliphatic rings. The van der Waals surface area contributed by atoms with Crippen molar-refractivity contribution < 1.29 is 58.3 Å². The summed E-state index contributed by atoms with van der Waals surface area (Å²) in [6, 6.07) is 6.94. The van der Waals surface area contributed by atoms with Crippen LogP contribution in [0.3, 0.4) is 0 Å². The van der Waals surface area contributed by atoms with Crippen LogP contribution in [0.2, 0.25) is 0 Å². The molecule has 6 N–H and O–H groups in total. The fourth-order valence-corrected chi connectivity index (χ4v) is 5.77. The van der Waals surface area contributed by atoms with Gasteiger partial charge in [0.2, 0.25) is 0 Å². The van der Waals surface area contributed by atoms with Crippen molar-refractivity contribution in [3.8, 4) is 5.75 Å². The summed E-state index contributed by atoms with van der Waals surface area (Å²) < 4.78 is 99.4. The summed E-state index contributed by atoms with van der Waals surface area (Å²) >= 11 is 0.138. The molecule has 0 heterocycles. The molecule has 20 heteroatoms. The van der Waals surface area contributed by atoms with E-state index in [-0.39, 0.29) is 34.5 Å². The highest BCUT2D eigenvalue weighted by Gasteiger charge is 2.23. The molecule has 0 saturated carbocycles. The fourth-order valence-electron chi connectivity index (χ4n) is 3.08. The van der Waals surface area contributed by atoms with E-state index in [0.717, 1.165) is 24.3 Å². The molecule has 3 rings (SSSR count). The molecular formula is C18H17N3O13S4. The maximum atomic E-state index is 12.5. The number of azo groups is 1. The molecule has 16 nitrogen and oxygen atoms in total. The number of nitrogens with zero attached hydrogens (tertiary/aromatic N) is 2. The molecule has 0 amide bonds. The topological polar surface area (TPSA) is 262 Å². The summed E-state index contributed by atoms with van der Waals surface area (Å²) in [5, 5.41) is 29.2. The molecule has 0 spiro atoms. The molecule has 0 unspecified atom stereocenters. The summed E-state index contributed by atoms with van der Waals surface area (Å²) in [5.41, 5.74) is 5.11. The normalized spacial score (nSPS) is 12.9. The zero-order valence-electron chi connectivity index (χ0n) is 18.5. The van der Waals surface area contributed by atoms with E-state index in [4.69, 9.17) is 11.0 Å². The molecule has 0 fully saturated rings. The van der Waals surface area contributed by atoms with Crippen molar-refractivity contribution >= 4 is 70.2 Å². The number of phenols is 1. The molecule has 0 radical (unpaired) electrons. The SMILES string of the molecule is Nc1ccc2cc(S(=O)(=O)O)cc(O)c2c1N=Nc1ccc(S(=O)(=O)CCOSOOO)cc1S(=O)(=O)O. The predicted molar refractivity (Wildman–Crippen MR) is 131 cm³/mol. The Morgan fingerprint density at radius 1 is 0.895 bits per heavy atom. The zero-order chi connectivity index (χ0) is 28.3. The lowest BCUT2D eigenvalue weighted by atomic mass is 10.1. The van der Waals surface area contributed by atoms with Crippen LogP contribution in [0.4, 0.5) is 17.1 Å². The van der Waals surface area contributed by atoms with Crippen LogP contribution in [0.15, 0.2) is 67.4 Å². The van der Waals surface area contributed by atoms with Gasteiger partial charge in [0, 0.05) is 6.07 Å². The van der Waals surface area contributed by atoms with E-state index in [1.807, 2.05) is 0 Å². The Bertz CT molecular complexity index is 1720. The first-order valence-electron chi connectivity index (χ1n) is 9.70. The highest BCUT2D eigenvalue weighted by atomic mass is 32.2. The largest absolute Gasteiger partial charge is 0.507 e. The highest BCUT2D eigenvalue weighted by Crippen LogP contribution is 2.41. The molecule has 0 aliphatic carbocycles. The van der Waals surface area contributed by atoms with Crippen molar-refractivity contribution in [3.63, 3.8) is 0 Å². The van der Waals surface area contributed by atoms with Gasteiger partial charge in [0.1, 0.15) is 22.0 Å². The van der Waals surface area contributed by atoms with Crippen LogP contribution < -0.4 is 5.73 Å². The number of sulfone groups is 1. The molecule has 3 aromatic rings. The fraction of sp³-hybridized carbons (Fsp3) is 0.111. The van der Waals surface area contributed by atoms with Gasteiger partial charge in [0.15, 0.2) is 22.2 Å². The van der Waals surface area contributed by atoms with E-state index in [2.05, 4.69) is 23.8 Å². The van der Waals surface area contributed by atoms with E-state index in [9.17, 15) is 39.5 Å². The zero-order valence-corrected chi connectivity index (χ0v) is 21.8. The van der Waals surface area contributed by atoms with Crippen LogP contribution in [0.5, 0.6) is 5.75 Å². The average Bonchev–Trinajstić information content (AvgIpc) is 2.82. The van der Waals surface area contributed by atoms with Gasteiger partial charge >= 0.3 is 0 Å². The number of fused-ring (bicyclic) bond motifs is 1. The van der Waals surface area contributed by atoms with Crippen molar-refractivity contribution in [1.29, 1.82) is 0 Å². The molecule has 0 aliphatic heterocycles. The van der Waals surface area contributed by atoms with E-state index in [1.165, 1.54) is 12.1 Å². The van der Waals surface area contributed by atoms with Gasteiger partial charge in [0.05, 0.1) is 33.2 Å². The van der Waals surface area contributed by atoms with Gasteiger partial charge < -0.3 is 10.8 Å². The minimum Gasteiger partial charge on any atom is -0.507 e. The summed E-state index contributed by atoms with van der Waals surface area (Å²) in [6.45, 7) is -0.456. The third-order valence-electron chi connectivity index (χ3n) is 4.74. The number of phenolic OH excluding ortho intramolecular Hbond substituents is 1. The van der Waals surface area contributed by atoms with Crippen LogP contribution in [0, 0.1) is 0 Å². The van der Waals surface area contributed by atoms with Gasteiger partial charge in [-0.1, -0.05) is 11.1 Å². The van der Waals surface area contributed by atoms with Gasteiger partial charge in [-0.3, -0.25) is 13.3 Å². The number of hydrogen-bond donors (Lipinski definition) is 5. The van der Waals surface area contributed by atoms with Gasteiger partial charge in [-0.25, -0.2) is 13.7 Å². The Morgan fingerprint density at radius 2 is 1.61 bits per heavy atom. The Labute approximate surface area is 219 Å². The van der Waals surface area contributed by atoms with Crippen molar-refractivity contribution in [1.82, 2.24) is 0 Å². The lowest BCUT2D eigenvalue weighted by molar-refractivity contribution is -0.434. The van der Waals surface area contributed by atoms with Crippen molar-refractivity contribution in [3.05, 3.63) is 42.5 Å². The second kappa shape index (κ2) is 11.4. The highest BCUT2D eigenvalue weighted by molar-refractivity contribution is 7.91. The standard InChI is InChI=1S/C18H17N3O13S4/c19-13-3-1-10-7-12(37(26,27)28)8-15(22)17(10)18(13)21-20-14-4-2-11(9-16(14)38(29,30)31)36(24,25)6-5-32-35-34-33-23/h1-4,7-9,22-23H,5-6,19H2,(H,26,27,28)(H,29,30,31). The van der Waals surface area contributed by atoms with E-state index in [1.54, 1.807) is 0 Å². The second-order valence-electron chi connectivity index (χ2n) is 7.18. The van der Waals surface area contributed by atoms with Crippen LogP contribution in [0.25, 0.3) is 10.8 Å². The van der Waals surface area contributed by atoms with E-state index >= 15 is 0 Å². The lowest BCUT2D eigenvalue weighted by Gasteiger charge is -2.10. The van der Waals surface area contributed by atoms with Crippen molar-refractivity contribution in [2.75, 3.05) is 18.1 Å². The molecule has 0 aromatic heterocycles. The summed E-state index contributed by atoms with van der Waals surface area (Å²) in [5.74, 6) is -1.30. The molecule has 38 heavy (non-hydrogen) atoms. The Kier molecular flexibility index (Phi) is 8.93. The van der Waals surface area contributed by atoms with Gasteiger partial charge in [-0.2, -0.15) is 16.8 Å². The first kappa shape index (κ1) is 29.6. The number of nitrogen functional groups attached to an aromatic ring is 1. The van der Waals surface area contributed by atoms with Crippen LogP contribution in [-0.2, 0) is 43.6 Å². The monoisotopic (exact) mass is 611 g/mol. The lowest BCUT2D eigenvalue weighted by Crippen LogP contribution is -2.12. The molecule has 206 valence electrons. The van der Waals surface area contributed by atoms with Gasteiger partial charge in [-0.05, 0) is 35.7 Å². The summed E-state index contributed by atoms with van der Waals surface area (Å²) in [6.07, 6.45) is 0. The number of aromatic hydroxyl groups is 1. The molecular weight excluding hydrogens is 594 g/mol. The molecule has 0 bridgehead atoms. The number of anilines is 1. The van der Waals surface area contributed by atoms with Crippen LogP contribution in [-0.4, -0.2) is 57.1 Å². The minimum atomic E-state index is -5.03. The number of rotatable bonds is 11. The maximum absolute atomic E-state index is 12.5. The smallest absolute Gasteiger partial charge is 0.296 e. The third-order valence-corrected chi connectivity index (χ3v) is 8.51. The third kappa shape index (κ3) is 6.93. The average molecular weight is 612 g/mol. The number of benzene rings is 3. The molecule has 0 saturated heterocycles. The van der Waals surface area contributed by atoms with Crippen molar-refractivity contribution in [2.45, 2.75) is 14.7 Å². The van der Waals surface area contributed by atoms with Gasteiger partial charge in [0.25, 0.3) is 20.2 Å². The summed E-state index contributed by atoms with van der Waals surface area (Å²) in [4.78, 5) is -2.05. The first-order valence-corrected chi connectivity index (χ1v) is 14.9. The Hall–Kier alpha value is -2.92. The van der Waals surface area contributed by atoms with Gasteiger partial charge in [-0.15, -0.1) is 14.6 Å². The Balaban J connectivity index is 2.05. The van der Waals surface area contributed by atoms with Crippen LogP contribution >= 0.6 is 12.3 Å². The number of nitrogens with two attached hydrogens (primary N) is 1. The maximum Gasteiger partial charge on any atom is 0.296 e. The summed E-state index contributed by atoms with van der Waals surface area (Å²) in [7, 11) is -13.8. The molecule has 3 aromatic carbocycles. The number of hydrogen-bond acceptors (Lipinski definition) is 15. The quantitative estimate of drug-likeness (QED) is 0.0397. The van der Waals surface area contributed by atoms with Crippen molar-refractivity contribution in [2.24, 2.45) is 10.2 Å².